The van der Waals surface area contributed by atoms with E-state index in [-0.39, 0.29) is 0 Å². The molecule has 0 amide bonds. The van der Waals surface area contributed by atoms with E-state index in [0.29, 0.717) is 0 Å². The van der Waals surface area contributed by atoms with Crippen LogP contribution in [0.4, 0.5) is 5.82 Å². The van der Waals surface area contributed by atoms with E-state index in [1.54, 1.807) is 18.6 Å². The smallest absolute Gasteiger partial charge is 0.130 e. The molecule has 0 radical (unpaired) electrons. The zero-order valence-electron chi connectivity index (χ0n) is 10.0. The molecule has 17 heavy (non-hydrogen) atoms. The van der Waals surface area contributed by atoms with Crippen LogP contribution >= 0.6 is 0 Å². The molecule has 2 heterocycles. The van der Waals surface area contributed by atoms with Gasteiger partial charge in [0, 0.05) is 25.0 Å². The van der Waals surface area contributed by atoms with E-state index in [9.17, 15) is 0 Å². The predicted octanol–water partition coefficient (Wildman–Crippen LogP) is 2.06. The summed E-state index contributed by atoms with van der Waals surface area (Å²) >= 11 is 0. The fourth-order valence-corrected chi connectivity index (χ4v) is 1.47. The molecule has 0 unspecified atom stereocenters. The van der Waals surface area contributed by atoms with Gasteiger partial charge in [-0.2, -0.15) is 0 Å². The van der Waals surface area contributed by atoms with Crippen LogP contribution in [0.3, 0.4) is 0 Å². The number of hydrogen-bond donors (Lipinski definition) is 1. The molecule has 0 atom stereocenters. The average Bonchev–Trinajstić information content (AvgIpc) is 2.37. The molecule has 2 aromatic rings. The molecular formula is C12H15N5. The number of hydrogen-bond acceptors (Lipinski definition) is 5. The Morgan fingerprint density at radius 3 is 2.76 bits per heavy atom. The lowest BCUT2D eigenvalue weighted by Crippen LogP contribution is -2.04. The highest BCUT2D eigenvalue weighted by Gasteiger charge is 2.04. The molecule has 2 aromatic heterocycles. The lowest BCUT2D eigenvalue weighted by atomic mass is 10.3. The van der Waals surface area contributed by atoms with Crippen molar-refractivity contribution in [3.8, 4) is 11.4 Å². The number of aryl methyl sites for hydroxylation is 1. The summed E-state index contributed by atoms with van der Waals surface area (Å²) < 4.78 is 0. The molecule has 0 bridgehead atoms. The topological polar surface area (TPSA) is 63.6 Å². The van der Waals surface area contributed by atoms with Crippen LogP contribution < -0.4 is 5.32 Å². The van der Waals surface area contributed by atoms with Gasteiger partial charge in [0.05, 0.1) is 11.9 Å². The number of nitrogens with zero attached hydrogens (tertiary/aromatic N) is 4. The second-order valence-corrected chi connectivity index (χ2v) is 3.70. The molecule has 0 aliphatic heterocycles. The SMILES string of the molecule is CCCNc1cc(-c2cnccn2)nc(C)n1. The second kappa shape index (κ2) is 5.34. The van der Waals surface area contributed by atoms with Gasteiger partial charge in [-0.05, 0) is 13.3 Å². The predicted molar refractivity (Wildman–Crippen MR) is 66.6 cm³/mol. The summed E-state index contributed by atoms with van der Waals surface area (Å²) in [5.41, 5.74) is 1.56. The quantitative estimate of drug-likeness (QED) is 0.869. The molecule has 0 spiro atoms. The average molecular weight is 229 g/mol. The van der Waals surface area contributed by atoms with Gasteiger partial charge in [0.25, 0.3) is 0 Å². The lowest BCUT2D eigenvalue weighted by molar-refractivity contribution is 0.954. The van der Waals surface area contributed by atoms with E-state index < -0.39 is 0 Å². The number of aromatic nitrogens is 4. The van der Waals surface area contributed by atoms with Gasteiger partial charge in [0.2, 0.25) is 0 Å². The van der Waals surface area contributed by atoms with Gasteiger partial charge in [-0.25, -0.2) is 9.97 Å². The summed E-state index contributed by atoms with van der Waals surface area (Å²) in [5.74, 6) is 1.56. The summed E-state index contributed by atoms with van der Waals surface area (Å²) in [7, 11) is 0. The minimum Gasteiger partial charge on any atom is -0.370 e. The molecule has 0 saturated carbocycles. The third-order valence-electron chi connectivity index (χ3n) is 2.22. The van der Waals surface area contributed by atoms with Gasteiger partial charge in [-0.15, -0.1) is 0 Å². The molecule has 1 N–H and O–H groups in total. The van der Waals surface area contributed by atoms with E-state index in [1.165, 1.54) is 0 Å². The molecule has 0 aliphatic rings. The number of rotatable bonds is 4. The highest BCUT2D eigenvalue weighted by molar-refractivity contribution is 5.57. The Kier molecular flexibility index (Phi) is 3.59. The normalized spacial score (nSPS) is 10.2. The van der Waals surface area contributed by atoms with Crippen molar-refractivity contribution in [1.82, 2.24) is 19.9 Å². The van der Waals surface area contributed by atoms with Crippen molar-refractivity contribution in [2.75, 3.05) is 11.9 Å². The third kappa shape index (κ3) is 2.96. The minimum absolute atomic E-state index is 0.728. The van der Waals surface area contributed by atoms with Crippen molar-refractivity contribution >= 4 is 5.82 Å². The largest absolute Gasteiger partial charge is 0.370 e. The summed E-state index contributed by atoms with van der Waals surface area (Å²) in [6.45, 7) is 4.89. The Morgan fingerprint density at radius 2 is 2.06 bits per heavy atom. The highest BCUT2D eigenvalue weighted by atomic mass is 15.0. The van der Waals surface area contributed by atoms with Gasteiger partial charge in [-0.3, -0.25) is 9.97 Å². The molecule has 88 valence electrons. The van der Waals surface area contributed by atoms with Gasteiger partial charge in [-0.1, -0.05) is 6.92 Å². The van der Waals surface area contributed by atoms with Crippen molar-refractivity contribution in [2.45, 2.75) is 20.3 Å². The van der Waals surface area contributed by atoms with Gasteiger partial charge in [0.1, 0.15) is 17.3 Å². The summed E-state index contributed by atoms with van der Waals surface area (Å²) in [5, 5.41) is 3.25. The maximum atomic E-state index is 4.36. The Morgan fingerprint density at radius 1 is 1.18 bits per heavy atom. The van der Waals surface area contributed by atoms with Crippen molar-refractivity contribution in [3.63, 3.8) is 0 Å². The minimum atomic E-state index is 0.728. The zero-order valence-corrected chi connectivity index (χ0v) is 10.0. The molecule has 0 saturated heterocycles. The second-order valence-electron chi connectivity index (χ2n) is 3.70. The van der Waals surface area contributed by atoms with E-state index in [0.717, 1.165) is 36.0 Å². The van der Waals surface area contributed by atoms with Crippen LogP contribution in [0.25, 0.3) is 11.4 Å². The maximum Gasteiger partial charge on any atom is 0.130 e. The standard InChI is InChI=1S/C12H15N5/c1-3-4-15-12-7-10(16-9(2)17-12)11-8-13-5-6-14-11/h5-8H,3-4H2,1-2H3,(H,15,16,17). The fraction of sp³-hybridized carbons (Fsp3) is 0.333. The molecule has 0 fully saturated rings. The van der Waals surface area contributed by atoms with Crippen molar-refractivity contribution in [3.05, 3.63) is 30.5 Å². The van der Waals surface area contributed by atoms with Crippen LogP contribution in [0.15, 0.2) is 24.7 Å². The van der Waals surface area contributed by atoms with E-state index >= 15 is 0 Å². The molecule has 0 aliphatic carbocycles. The number of anilines is 1. The van der Waals surface area contributed by atoms with Crippen molar-refractivity contribution in [1.29, 1.82) is 0 Å². The Balaban J connectivity index is 2.32. The van der Waals surface area contributed by atoms with Gasteiger partial charge >= 0.3 is 0 Å². The summed E-state index contributed by atoms with van der Waals surface area (Å²) in [6, 6.07) is 1.90. The van der Waals surface area contributed by atoms with E-state index in [1.807, 2.05) is 13.0 Å². The van der Waals surface area contributed by atoms with Gasteiger partial charge in [0.15, 0.2) is 0 Å². The molecule has 2 rings (SSSR count). The van der Waals surface area contributed by atoms with Crippen LogP contribution in [-0.4, -0.2) is 26.5 Å². The monoisotopic (exact) mass is 229 g/mol. The first-order chi connectivity index (χ1) is 8.29. The van der Waals surface area contributed by atoms with Gasteiger partial charge < -0.3 is 5.32 Å². The fourth-order valence-electron chi connectivity index (χ4n) is 1.47. The Hall–Kier alpha value is -2.04. The van der Waals surface area contributed by atoms with Crippen molar-refractivity contribution in [2.24, 2.45) is 0 Å². The van der Waals surface area contributed by atoms with Crippen LogP contribution in [0, 0.1) is 6.92 Å². The maximum absolute atomic E-state index is 4.36. The first-order valence-electron chi connectivity index (χ1n) is 5.65. The highest BCUT2D eigenvalue weighted by Crippen LogP contribution is 2.16. The summed E-state index contributed by atoms with van der Waals surface area (Å²) in [4.78, 5) is 17.0. The molecule has 5 heteroatoms. The zero-order chi connectivity index (χ0) is 12.1. The molecule has 5 nitrogen and oxygen atoms in total. The first-order valence-corrected chi connectivity index (χ1v) is 5.65. The first kappa shape index (κ1) is 11.4. The summed E-state index contributed by atoms with van der Waals surface area (Å²) in [6.07, 6.45) is 6.06. The Labute approximate surface area is 100 Å². The Bertz CT molecular complexity index is 484. The van der Waals surface area contributed by atoms with E-state index in [2.05, 4.69) is 32.2 Å². The third-order valence-corrected chi connectivity index (χ3v) is 2.22. The van der Waals surface area contributed by atoms with Crippen LogP contribution in [0.1, 0.15) is 19.2 Å². The lowest BCUT2D eigenvalue weighted by Gasteiger charge is -2.06. The van der Waals surface area contributed by atoms with Crippen LogP contribution in [0.5, 0.6) is 0 Å². The molecule has 0 aromatic carbocycles. The van der Waals surface area contributed by atoms with E-state index in [4.69, 9.17) is 0 Å². The van der Waals surface area contributed by atoms with Crippen LogP contribution in [0.2, 0.25) is 0 Å². The van der Waals surface area contributed by atoms with Crippen molar-refractivity contribution < 1.29 is 0 Å². The molecular weight excluding hydrogens is 214 g/mol. The van der Waals surface area contributed by atoms with Crippen LogP contribution in [-0.2, 0) is 0 Å². The number of nitrogens with one attached hydrogen (secondary N) is 1.